The summed E-state index contributed by atoms with van der Waals surface area (Å²) in [5, 5.41) is 18.8. The molecule has 2 N–H and O–H groups in total. The SMILES string of the molecule is COc1ccc(-c2ccccc2O)cc1C(=O)O. The molecule has 2 aromatic rings. The molecule has 0 spiro atoms. The number of hydrogen-bond donors (Lipinski definition) is 2. The van der Waals surface area contributed by atoms with Crippen molar-refractivity contribution in [3.05, 3.63) is 48.0 Å². The molecule has 0 aliphatic carbocycles. The number of carboxylic acid groups (broad SMARTS) is 1. The fourth-order valence-corrected chi connectivity index (χ4v) is 1.76. The minimum atomic E-state index is -1.07. The summed E-state index contributed by atoms with van der Waals surface area (Å²) in [5.74, 6) is -0.662. The Bertz CT molecular complexity index is 590. The summed E-state index contributed by atoms with van der Waals surface area (Å²) in [7, 11) is 1.42. The number of aromatic carboxylic acids is 1. The average molecular weight is 244 g/mol. The van der Waals surface area contributed by atoms with E-state index in [9.17, 15) is 9.90 Å². The third-order valence-corrected chi connectivity index (χ3v) is 2.64. The normalized spacial score (nSPS) is 10.1. The zero-order valence-corrected chi connectivity index (χ0v) is 9.75. The maximum atomic E-state index is 11.1. The minimum absolute atomic E-state index is 0.0678. The molecule has 18 heavy (non-hydrogen) atoms. The van der Waals surface area contributed by atoms with Crippen molar-refractivity contribution in [3.8, 4) is 22.6 Å². The number of carbonyl (C=O) groups is 1. The van der Waals surface area contributed by atoms with Crippen LogP contribution in [0.15, 0.2) is 42.5 Å². The number of aromatic hydroxyl groups is 1. The molecule has 4 heteroatoms. The Morgan fingerprint density at radius 1 is 1.17 bits per heavy atom. The lowest BCUT2D eigenvalue weighted by Crippen LogP contribution is -2.00. The van der Waals surface area contributed by atoms with E-state index in [2.05, 4.69) is 0 Å². The van der Waals surface area contributed by atoms with E-state index in [0.29, 0.717) is 16.9 Å². The predicted molar refractivity (Wildman–Crippen MR) is 67.1 cm³/mol. The average Bonchev–Trinajstić information content (AvgIpc) is 2.38. The first kappa shape index (κ1) is 12.0. The van der Waals surface area contributed by atoms with Gasteiger partial charge < -0.3 is 14.9 Å². The highest BCUT2D eigenvalue weighted by atomic mass is 16.5. The second-order valence-corrected chi connectivity index (χ2v) is 3.74. The molecule has 0 bridgehead atoms. The van der Waals surface area contributed by atoms with E-state index in [1.54, 1.807) is 36.4 Å². The lowest BCUT2D eigenvalue weighted by molar-refractivity contribution is 0.0693. The van der Waals surface area contributed by atoms with Gasteiger partial charge in [0.25, 0.3) is 0 Å². The van der Waals surface area contributed by atoms with E-state index >= 15 is 0 Å². The molecule has 0 unspecified atom stereocenters. The van der Waals surface area contributed by atoms with Crippen LogP contribution in [0.3, 0.4) is 0 Å². The van der Waals surface area contributed by atoms with Gasteiger partial charge in [0.2, 0.25) is 0 Å². The van der Waals surface area contributed by atoms with Crippen LogP contribution in [0.1, 0.15) is 10.4 Å². The lowest BCUT2D eigenvalue weighted by Gasteiger charge is -2.09. The molecular weight excluding hydrogens is 232 g/mol. The Hall–Kier alpha value is -2.49. The Kier molecular flexibility index (Phi) is 3.19. The van der Waals surface area contributed by atoms with Crippen LogP contribution in [0.25, 0.3) is 11.1 Å². The molecule has 4 nitrogen and oxygen atoms in total. The van der Waals surface area contributed by atoms with Crippen molar-refractivity contribution < 1.29 is 19.7 Å². The van der Waals surface area contributed by atoms with E-state index < -0.39 is 5.97 Å². The molecular formula is C14H12O4. The van der Waals surface area contributed by atoms with Crippen LogP contribution in [-0.4, -0.2) is 23.3 Å². The van der Waals surface area contributed by atoms with Gasteiger partial charge in [0.1, 0.15) is 17.1 Å². The highest BCUT2D eigenvalue weighted by Crippen LogP contribution is 2.31. The number of rotatable bonds is 3. The first-order valence-electron chi connectivity index (χ1n) is 5.33. The van der Waals surface area contributed by atoms with Gasteiger partial charge in [-0.15, -0.1) is 0 Å². The van der Waals surface area contributed by atoms with Gasteiger partial charge >= 0.3 is 5.97 Å². The van der Waals surface area contributed by atoms with Crippen molar-refractivity contribution in [2.24, 2.45) is 0 Å². The molecule has 0 fully saturated rings. The van der Waals surface area contributed by atoms with Gasteiger partial charge in [-0.2, -0.15) is 0 Å². The molecule has 0 aliphatic rings. The van der Waals surface area contributed by atoms with Crippen molar-refractivity contribution in [1.82, 2.24) is 0 Å². The zero-order chi connectivity index (χ0) is 13.1. The van der Waals surface area contributed by atoms with E-state index in [1.165, 1.54) is 13.2 Å². The van der Waals surface area contributed by atoms with Crippen LogP contribution < -0.4 is 4.74 Å². The number of carboxylic acids is 1. The quantitative estimate of drug-likeness (QED) is 0.871. The van der Waals surface area contributed by atoms with E-state index in [1.807, 2.05) is 0 Å². The van der Waals surface area contributed by atoms with Crippen LogP contribution in [0, 0.1) is 0 Å². The summed E-state index contributed by atoms with van der Waals surface area (Å²) < 4.78 is 4.98. The molecule has 2 aromatic carbocycles. The summed E-state index contributed by atoms with van der Waals surface area (Å²) in [4.78, 5) is 11.1. The summed E-state index contributed by atoms with van der Waals surface area (Å²) in [6.45, 7) is 0. The first-order valence-corrected chi connectivity index (χ1v) is 5.33. The number of benzene rings is 2. The fraction of sp³-hybridized carbons (Fsp3) is 0.0714. The third kappa shape index (κ3) is 2.13. The maximum absolute atomic E-state index is 11.1. The van der Waals surface area contributed by atoms with Crippen molar-refractivity contribution in [1.29, 1.82) is 0 Å². The van der Waals surface area contributed by atoms with Crippen LogP contribution >= 0.6 is 0 Å². The topological polar surface area (TPSA) is 66.8 Å². The Labute approximate surface area is 104 Å². The number of methoxy groups -OCH3 is 1. The van der Waals surface area contributed by atoms with Gasteiger partial charge in [0, 0.05) is 5.56 Å². The monoisotopic (exact) mass is 244 g/mol. The smallest absolute Gasteiger partial charge is 0.339 e. The third-order valence-electron chi connectivity index (χ3n) is 2.64. The Morgan fingerprint density at radius 3 is 2.50 bits per heavy atom. The van der Waals surface area contributed by atoms with Gasteiger partial charge in [0.15, 0.2) is 0 Å². The number of para-hydroxylation sites is 1. The standard InChI is InChI=1S/C14H12O4/c1-18-13-7-6-9(8-11(13)14(16)17)10-4-2-3-5-12(10)15/h2-8,15H,1H3,(H,16,17). The summed E-state index contributed by atoms with van der Waals surface area (Å²) in [6.07, 6.45) is 0. The molecule has 0 radical (unpaired) electrons. The first-order chi connectivity index (χ1) is 8.63. The zero-order valence-electron chi connectivity index (χ0n) is 9.75. The molecule has 0 saturated carbocycles. The van der Waals surface area contributed by atoms with Crippen LogP contribution in [-0.2, 0) is 0 Å². The summed E-state index contributed by atoms with van der Waals surface area (Å²) in [5.41, 5.74) is 1.28. The highest BCUT2D eigenvalue weighted by molar-refractivity contribution is 5.93. The second-order valence-electron chi connectivity index (χ2n) is 3.74. The number of hydrogen-bond acceptors (Lipinski definition) is 3. The van der Waals surface area contributed by atoms with Crippen molar-refractivity contribution in [3.63, 3.8) is 0 Å². The molecule has 0 heterocycles. The van der Waals surface area contributed by atoms with Crippen LogP contribution in [0.5, 0.6) is 11.5 Å². The largest absolute Gasteiger partial charge is 0.507 e. The van der Waals surface area contributed by atoms with Crippen molar-refractivity contribution in [2.45, 2.75) is 0 Å². The van der Waals surface area contributed by atoms with Gasteiger partial charge in [-0.1, -0.05) is 24.3 Å². The van der Waals surface area contributed by atoms with Crippen LogP contribution in [0.4, 0.5) is 0 Å². The van der Waals surface area contributed by atoms with Gasteiger partial charge in [0.05, 0.1) is 7.11 Å². The van der Waals surface area contributed by atoms with Gasteiger partial charge in [-0.05, 0) is 23.8 Å². The van der Waals surface area contributed by atoms with E-state index in [0.717, 1.165) is 0 Å². The number of phenols is 1. The molecule has 0 aromatic heterocycles. The molecule has 0 saturated heterocycles. The lowest BCUT2D eigenvalue weighted by atomic mass is 10.0. The van der Waals surface area contributed by atoms with Gasteiger partial charge in [-0.25, -0.2) is 4.79 Å². The second kappa shape index (κ2) is 4.79. The summed E-state index contributed by atoms with van der Waals surface area (Å²) >= 11 is 0. The molecule has 0 atom stereocenters. The number of phenolic OH excluding ortho intramolecular Hbond substituents is 1. The molecule has 0 aliphatic heterocycles. The van der Waals surface area contributed by atoms with E-state index in [-0.39, 0.29) is 11.3 Å². The molecule has 2 rings (SSSR count). The highest BCUT2D eigenvalue weighted by Gasteiger charge is 2.13. The Morgan fingerprint density at radius 2 is 1.89 bits per heavy atom. The predicted octanol–water partition coefficient (Wildman–Crippen LogP) is 2.77. The maximum Gasteiger partial charge on any atom is 0.339 e. The van der Waals surface area contributed by atoms with Crippen molar-refractivity contribution >= 4 is 5.97 Å². The molecule has 92 valence electrons. The fourth-order valence-electron chi connectivity index (χ4n) is 1.76. The van der Waals surface area contributed by atoms with Gasteiger partial charge in [-0.3, -0.25) is 0 Å². The van der Waals surface area contributed by atoms with Crippen LogP contribution in [0.2, 0.25) is 0 Å². The van der Waals surface area contributed by atoms with Crippen molar-refractivity contribution in [2.75, 3.05) is 7.11 Å². The van der Waals surface area contributed by atoms with E-state index in [4.69, 9.17) is 9.84 Å². The summed E-state index contributed by atoms with van der Waals surface area (Å²) in [6, 6.07) is 11.5. The molecule has 0 amide bonds. The number of ether oxygens (including phenoxy) is 1. The minimum Gasteiger partial charge on any atom is -0.507 e. The Balaban J connectivity index is 2.57.